The Kier molecular flexibility index (Phi) is 3.79. The van der Waals surface area contributed by atoms with E-state index in [2.05, 4.69) is 4.74 Å². The molecule has 0 atom stereocenters. The normalized spacial score (nSPS) is 12.9. The second-order valence-electron chi connectivity index (χ2n) is 2.93. The summed E-state index contributed by atoms with van der Waals surface area (Å²) >= 11 is 0. The minimum atomic E-state index is -4.77. The highest BCUT2D eigenvalue weighted by Gasteiger charge is 2.30. The minimum absolute atomic E-state index is 0.303. The van der Waals surface area contributed by atoms with Gasteiger partial charge in [-0.25, -0.2) is 0 Å². The van der Waals surface area contributed by atoms with E-state index in [1.54, 1.807) is 0 Å². The predicted octanol–water partition coefficient (Wildman–Crippen LogP) is 2.44. The average Bonchev–Trinajstić information content (AvgIpc) is 2.13. The standard InChI is InChI=1S/C9H7F3O4S/c10-9(11,12)16-8-3-1-7(2-4-8)5-6-17(13,14)15/h1-6H,(H,13,14,15). The molecule has 4 nitrogen and oxygen atoms in total. The molecule has 0 aliphatic rings. The molecule has 0 aromatic heterocycles. The van der Waals surface area contributed by atoms with Crippen molar-refractivity contribution in [2.45, 2.75) is 6.36 Å². The summed E-state index contributed by atoms with van der Waals surface area (Å²) in [4.78, 5) is 0. The van der Waals surface area contributed by atoms with Crippen molar-refractivity contribution in [2.24, 2.45) is 0 Å². The van der Waals surface area contributed by atoms with Crippen LogP contribution in [0.3, 0.4) is 0 Å². The van der Waals surface area contributed by atoms with Gasteiger partial charge in [0.05, 0.1) is 5.41 Å². The lowest BCUT2D eigenvalue weighted by Gasteiger charge is -2.08. The molecule has 0 heterocycles. The molecule has 0 saturated carbocycles. The van der Waals surface area contributed by atoms with E-state index in [1.165, 1.54) is 12.1 Å². The van der Waals surface area contributed by atoms with E-state index in [4.69, 9.17) is 4.55 Å². The van der Waals surface area contributed by atoms with Crippen molar-refractivity contribution < 1.29 is 30.9 Å². The van der Waals surface area contributed by atoms with E-state index >= 15 is 0 Å². The summed E-state index contributed by atoms with van der Waals surface area (Å²) in [6, 6.07) is 4.47. The molecule has 0 amide bonds. The highest BCUT2D eigenvalue weighted by molar-refractivity contribution is 7.88. The third-order valence-corrected chi connectivity index (χ3v) is 2.03. The molecular formula is C9H7F3O4S. The fourth-order valence-corrected chi connectivity index (χ4v) is 1.27. The van der Waals surface area contributed by atoms with E-state index in [0.29, 0.717) is 11.0 Å². The van der Waals surface area contributed by atoms with E-state index in [0.717, 1.165) is 18.2 Å². The van der Waals surface area contributed by atoms with Crippen molar-refractivity contribution in [1.29, 1.82) is 0 Å². The number of hydrogen-bond donors (Lipinski definition) is 1. The van der Waals surface area contributed by atoms with Gasteiger partial charge in [-0.3, -0.25) is 4.55 Å². The van der Waals surface area contributed by atoms with E-state index in [9.17, 15) is 21.6 Å². The van der Waals surface area contributed by atoms with Crippen molar-refractivity contribution in [3.05, 3.63) is 35.2 Å². The van der Waals surface area contributed by atoms with Gasteiger partial charge in [-0.1, -0.05) is 12.1 Å². The second-order valence-corrected chi connectivity index (χ2v) is 4.24. The minimum Gasteiger partial charge on any atom is -0.406 e. The number of rotatable bonds is 3. The second kappa shape index (κ2) is 4.76. The zero-order valence-corrected chi connectivity index (χ0v) is 8.99. The summed E-state index contributed by atoms with van der Waals surface area (Å²) in [7, 11) is -4.25. The number of hydrogen-bond acceptors (Lipinski definition) is 3. The lowest BCUT2D eigenvalue weighted by molar-refractivity contribution is -0.274. The lowest BCUT2D eigenvalue weighted by atomic mass is 10.2. The molecule has 8 heteroatoms. The molecule has 0 bridgehead atoms. The van der Waals surface area contributed by atoms with E-state index in [-0.39, 0.29) is 0 Å². The van der Waals surface area contributed by atoms with Crippen LogP contribution in [0.4, 0.5) is 13.2 Å². The zero-order valence-electron chi connectivity index (χ0n) is 8.18. The van der Waals surface area contributed by atoms with Crippen LogP contribution in [0.2, 0.25) is 0 Å². The average molecular weight is 268 g/mol. The Hall–Kier alpha value is -1.54. The van der Waals surface area contributed by atoms with E-state index < -0.39 is 22.2 Å². The van der Waals surface area contributed by atoms with Gasteiger partial charge in [-0.15, -0.1) is 13.2 Å². The summed E-state index contributed by atoms with van der Waals surface area (Å²) in [5, 5.41) is 0.520. The van der Waals surface area contributed by atoms with Gasteiger partial charge >= 0.3 is 6.36 Å². The molecular weight excluding hydrogens is 261 g/mol. The third-order valence-electron chi connectivity index (χ3n) is 1.55. The Labute approximate surface area is 95.1 Å². The van der Waals surface area contributed by atoms with E-state index in [1.807, 2.05) is 0 Å². The molecule has 0 saturated heterocycles. The molecule has 1 aromatic rings. The molecule has 1 N–H and O–H groups in total. The van der Waals surface area contributed by atoms with Gasteiger partial charge < -0.3 is 4.74 Å². The van der Waals surface area contributed by atoms with Crippen LogP contribution in [0.15, 0.2) is 29.7 Å². The van der Waals surface area contributed by atoms with Gasteiger partial charge in [0.2, 0.25) is 0 Å². The predicted molar refractivity (Wildman–Crippen MR) is 53.7 cm³/mol. The van der Waals surface area contributed by atoms with Crippen LogP contribution in [-0.4, -0.2) is 19.3 Å². The van der Waals surface area contributed by atoms with Crippen molar-refractivity contribution in [2.75, 3.05) is 0 Å². The molecule has 17 heavy (non-hydrogen) atoms. The van der Waals surface area contributed by atoms with Crippen LogP contribution in [-0.2, 0) is 10.1 Å². The Balaban J connectivity index is 2.79. The largest absolute Gasteiger partial charge is 0.573 e. The molecule has 0 spiro atoms. The topological polar surface area (TPSA) is 63.6 Å². The smallest absolute Gasteiger partial charge is 0.406 e. The molecule has 1 rings (SSSR count). The van der Waals surface area contributed by atoms with Gasteiger partial charge in [0.1, 0.15) is 5.75 Å². The monoisotopic (exact) mass is 268 g/mol. The summed E-state index contributed by atoms with van der Waals surface area (Å²) in [6.45, 7) is 0. The number of benzene rings is 1. The molecule has 0 fully saturated rings. The molecule has 0 radical (unpaired) electrons. The SMILES string of the molecule is O=S(=O)(O)C=Cc1ccc(OC(F)(F)F)cc1. The maximum atomic E-state index is 11.8. The first-order valence-corrected chi connectivity index (χ1v) is 5.67. The summed E-state index contributed by atoms with van der Waals surface area (Å²) in [6.07, 6.45) is -3.74. The lowest BCUT2D eigenvalue weighted by Crippen LogP contribution is -2.16. The van der Waals surface area contributed by atoms with Gasteiger partial charge in [0.15, 0.2) is 0 Å². The Morgan fingerprint density at radius 3 is 2.12 bits per heavy atom. The van der Waals surface area contributed by atoms with Crippen LogP contribution < -0.4 is 4.74 Å². The van der Waals surface area contributed by atoms with Crippen LogP contribution >= 0.6 is 0 Å². The van der Waals surface area contributed by atoms with Crippen LogP contribution in [0.5, 0.6) is 5.75 Å². The van der Waals surface area contributed by atoms with Crippen molar-refractivity contribution in [1.82, 2.24) is 0 Å². The first kappa shape index (κ1) is 13.5. The summed E-state index contributed by atoms with van der Waals surface area (Å²) < 4.78 is 68.1. The molecule has 94 valence electrons. The molecule has 0 unspecified atom stereocenters. The number of halogens is 3. The highest BCUT2D eigenvalue weighted by Crippen LogP contribution is 2.22. The third kappa shape index (κ3) is 5.93. The maximum Gasteiger partial charge on any atom is 0.573 e. The van der Waals surface area contributed by atoms with Crippen LogP contribution in [0, 0.1) is 0 Å². The van der Waals surface area contributed by atoms with Crippen molar-refractivity contribution in [3.8, 4) is 5.75 Å². The number of ether oxygens (including phenoxy) is 1. The Morgan fingerprint density at radius 2 is 1.71 bits per heavy atom. The Bertz CT molecular complexity index is 502. The van der Waals surface area contributed by atoms with Crippen molar-refractivity contribution >= 4 is 16.2 Å². The van der Waals surface area contributed by atoms with Gasteiger partial charge in [0, 0.05) is 0 Å². The van der Waals surface area contributed by atoms with Crippen LogP contribution in [0.1, 0.15) is 5.56 Å². The quantitative estimate of drug-likeness (QED) is 0.855. The van der Waals surface area contributed by atoms with Gasteiger partial charge in [-0.05, 0) is 23.8 Å². The molecule has 1 aromatic carbocycles. The number of alkyl halides is 3. The fraction of sp³-hybridized carbons (Fsp3) is 0.111. The molecule has 0 aliphatic carbocycles. The Morgan fingerprint density at radius 1 is 1.18 bits per heavy atom. The highest BCUT2D eigenvalue weighted by atomic mass is 32.2. The first-order valence-electron chi connectivity index (χ1n) is 4.17. The maximum absolute atomic E-state index is 11.8. The first-order chi connectivity index (χ1) is 7.66. The van der Waals surface area contributed by atoms with Crippen LogP contribution in [0.25, 0.3) is 6.08 Å². The van der Waals surface area contributed by atoms with Gasteiger partial charge in [0.25, 0.3) is 10.1 Å². The fourth-order valence-electron chi connectivity index (χ4n) is 0.945. The van der Waals surface area contributed by atoms with Crippen molar-refractivity contribution in [3.63, 3.8) is 0 Å². The molecule has 0 aliphatic heterocycles. The summed E-state index contributed by atoms with van der Waals surface area (Å²) in [5.74, 6) is -0.415. The zero-order chi connectivity index (χ0) is 13.1. The summed E-state index contributed by atoms with van der Waals surface area (Å²) in [5.41, 5.74) is 0.303. The van der Waals surface area contributed by atoms with Gasteiger partial charge in [-0.2, -0.15) is 8.42 Å².